The molecule has 0 aliphatic rings. The number of carbonyl (C=O) groups excluding carboxylic acids is 1. The van der Waals surface area contributed by atoms with Gasteiger partial charge in [-0.3, -0.25) is 0 Å². The van der Waals surface area contributed by atoms with Gasteiger partial charge in [-0.2, -0.15) is 11.8 Å². The summed E-state index contributed by atoms with van der Waals surface area (Å²) in [6.07, 6.45) is 0. The minimum atomic E-state index is -3.43. The van der Waals surface area contributed by atoms with Crippen molar-refractivity contribution in [3.8, 4) is 0 Å². The van der Waals surface area contributed by atoms with E-state index in [1.807, 2.05) is 24.3 Å². The zero-order valence-corrected chi connectivity index (χ0v) is 16.7. The second-order valence-electron chi connectivity index (χ2n) is 5.49. The lowest BCUT2D eigenvalue weighted by Gasteiger charge is -2.08. The van der Waals surface area contributed by atoms with E-state index >= 15 is 0 Å². The number of halogens is 1. The van der Waals surface area contributed by atoms with Gasteiger partial charge in [0.25, 0.3) is 0 Å². The third-order valence-corrected chi connectivity index (χ3v) is 6.25. The van der Waals surface area contributed by atoms with Gasteiger partial charge in [0, 0.05) is 23.1 Å². The van der Waals surface area contributed by atoms with Gasteiger partial charge in [0.05, 0.1) is 18.4 Å². The molecule has 0 heterocycles. The zero-order chi connectivity index (χ0) is 19.0. The highest BCUT2D eigenvalue weighted by Crippen LogP contribution is 2.20. The predicted molar refractivity (Wildman–Crippen MR) is 106 cm³/mol. The van der Waals surface area contributed by atoms with Gasteiger partial charge < -0.3 is 4.74 Å². The summed E-state index contributed by atoms with van der Waals surface area (Å²) in [5.74, 6) is 0.791. The molecule has 0 aliphatic heterocycles. The Morgan fingerprint density at radius 3 is 2.50 bits per heavy atom. The fraction of sp³-hybridized carbons (Fsp3) is 0.278. The maximum atomic E-state index is 12.1. The number of hydrogen-bond donors (Lipinski definition) is 1. The average molecular weight is 414 g/mol. The van der Waals surface area contributed by atoms with Crippen LogP contribution in [0.15, 0.2) is 48.5 Å². The summed E-state index contributed by atoms with van der Waals surface area (Å²) in [5.41, 5.74) is 2.03. The van der Waals surface area contributed by atoms with Crippen molar-refractivity contribution in [2.45, 2.75) is 11.5 Å². The Bertz CT molecular complexity index is 839. The first-order valence-corrected chi connectivity index (χ1v) is 11.1. The molecule has 0 bridgehead atoms. The van der Waals surface area contributed by atoms with Crippen LogP contribution in [0.4, 0.5) is 0 Å². The van der Waals surface area contributed by atoms with Crippen LogP contribution in [0.1, 0.15) is 21.5 Å². The molecule has 8 heteroatoms. The Balaban J connectivity index is 1.76. The van der Waals surface area contributed by atoms with Crippen LogP contribution in [-0.2, 0) is 26.3 Å². The van der Waals surface area contributed by atoms with Gasteiger partial charge in [0.1, 0.15) is 0 Å². The molecule has 2 aromatic carbocycles. The molecule has 0 saturated heterocycles. The largest absolute Gasteiger partial charge is 0.465 e. The second kappa shape index (κ2) is 9.97. The van der Waals surface area contributed by atoms with Crippen molar-refractivity contribution in [1.29, 1.82) is 0 Å². The molecule has 5 nitrogen and oxygen atoms in total. The summed E-state index contributed by atoms with van der Waals surface area (Å²) in [6.45, 7) is 0.345. The molecule has 0 radical (unpaired) electrons. The third-order valence-electron chi connectivity index (χ3n) is 3.52. The Hall–Kier alpha value is -1.54. The van der Waals surface area contributed by atoms with Crippen LogP contribution in [0.5, 0.6) is 0 Å². The van der Waals surface area contributed by atoms with E-state index in [2.05, 4.69) is 9.46 Å². The van der Waals surface area contributed by atoms with Crippen molar-refractivity contribution in [1.82, 2.24) is 4.72 Å². The Kier molecular flexibility index (Phi) is 7.96. The normalized spacial score (nSPS) is 11.3. The van der Waals surface area contributed by atoms with Gasteiger partial charge in [-0.25, -0.2) is 17.9 Å². The van der Waals surface area contributed by atoms with Crippen molar-refractivity contribution < 1.29 is 17.9 Å². The Morgan fingerprint density at radius 1 is 1.15 bits per heavy atom. The molecular formula is C18H20ClNO4S2. The molecule has 140 valence electrons. The van der Waals surface area contributed by atoms with E-state index in [-0.39, 0.29) is 5.75 Å². The highest BCUT2D eigenvalue weighted by molar-refractivity contribution is 7.98. The number of benzene rings is 2. The van der Waals surface area contributed by atoms with Crippen LogP contribution in [0.2, 0.25) is 5.02 Å². The van der Waals surface area contributed by atoms with Crippen LogP contribution < -0.4 is 4.72 Å². The molecule has 1 N–H and O–H groups in total. The number of rotatable bonds is 9. The highest BCUT2D eigenvalue weighted by Gasteiger charge is 2.12. The summed E-state index contributed by atoms with van der Waals surface area (Å²) < 4.78 is 31.5. The fourth-order valence-electron chi connectivity index (χ4n) is 2.19. The molecule has 2 rings (SSSR count). The zero-order valence-electron chi connectivity index (χ0n) is 14.3. The van der Waals surface area contributed by atoms with Gasteiger partial charge in [-0.15, -0.1) is 0 Å². The van der Waals surface area contributed by atoms with Gasteiger partial charge >= 0.3 is 5.97 Å². The van der Waals surface area contributed by atoms with E-state index < -0.39 is 16.0 Å². The molecule has 2 aromatic rings. The molecule has 0 atom stereocenters. The first-order valence-electron chi connectivity index (χ1n) is 7.87. The van der Waals surface area contributed by atoms with E-state index in [4.69, 9.17) is 11.6 Å². The van der Waals surface area contributed by atoms with Gasteiger partial charge in [-0.1, -0.05) is 41.9 Å². The topological polar surface area (TPSA) is 72.5 Å². The number of thioether (sulfide) groups is 1. The number of nitrogens with one attached hydrogen (secondary N) is 1. The van der Waals surface area contributed by atoms with Crippen molar-refractivity contribution >= 4 is 39.4 Å². The quantitative estimate of drug-likeness (QED) is 0.503. The maximum Gasteiger partial charge on any atom is 0.337 e. The van der Waals surface area contributed by atoms with Crippen LogP contribution in [-0.4, -0.2) is 33.8 Å². The lowest BCUT2D eigenvalue weighted by atomic mass is 10.1. The number of ether oxygens (including phenoxy) is 1. The second-order valence-corrected chi connectivity index (χ2v) is 8.81. The Labute approximate surface area is 163 Å². The maximum absolute atomic E-state index is 12.1. The minimum Gasteiger partial charge on any atom is -0.465 e. The van der Waals surface area contributed by atoms with Crippen molar-refractivity contribution in [2.75, 3.05) is 19.4 Å². The van der Waals surface area contributed by atoms with Crippen LogP contribution >= 0.6 is 23.4 Å². The number of hydrogen-bond acceptors (Lipinski definition) is 5. The molecular weight excluding hydrogens is 394 g/mol. The van der Waals surface area contributed by atoms with Crippen LogP contribution in [0.3, 0.4) is 0 Å². The van der Waals surface area contributed by atoms with E-state index in [1.54, 1.807) is 36.0 Å². The number of methoxy groups -OCH3 is 1. The summed E-state index contributed by atoms with van der Waals surface area (Å²) in [6, 6.07) is 13.9. The fourth-order valence-corrected chi connectivity index (χ4v) is 4.61. The standard InChI is InChI=1S/C18H20ClNO4S2/c1-24-18(21)15-8-6-14(7-9-15)13-26(22,23)20-10-11-25-12-16-4-2-3-5-17(16)19/h2-9,20H,10-13H2,1H3. The molecule has 0 aromatic heterocycles. The monoisotopic (exact) mass is 413 g/mol. The summed E-state index contributed by atoms with van der Waals surface area (Å²) in [7, 11) is -2.13. The molecule has 0 unspecified atom stereocenters. The van der Waals surface area contributed by atoms with Crippen LogP contribution in [0, 0.1) is 0 Å². The van der Waals surface area contributed by atoms with Crippen molar-refractivity contribution in [2.24, 2.45) is 0 Å². The average Bonchev–Trinajstić information content (AvgIpc) is 2.62. The summed E-state index contributed by atoms with van der Waals surface area (Å²) in [5, 5.41) is 0.719. The van der Waals surface area contributed by atoms with E-state index in [9.17, 15) is 13.2 Å². The SMILES string of the molecule is COC(=O)c1ccc(CS(=O)(=O)NCCSCc2ccccc2Cl)cc1. The number of sulfonamides is 1. The number of esters is 1. The van der Waals surface area contributed by atoms with Crippen LogP contribution in [0.25, 0.3) is 0 Å². The Morgan fingerprint density at radius 2 is 1.85 bits per heavy atom. The summed E-state index contributed by atoms with van der Waals surface area (Å²) >= 11 is 7.70. The first kappa shape index (κ1) is 20.8. The minimum absolute atomic E-state index is 0.135. The van der Waals surface area contributed by atoms with Gasteiger partial charge in [0.15, 0.2) is 0 Å². The molecule has 0 spiro atoms. The molecule has 0 aliphatic carbocycles. The summed E-state index contributed by atoms with van der Waals surface area (Å²) in [4.78, 5) is 11.4. The third kappa shape index (κ3) is 6.64. The first-order chi connectivity index (χ1) is 12.4. The molecule has 0 saturated carbocycles. The van der Waals surface area contributed by atoms with Gasteiger partial charge in [-0.05, 0) is 29.3 Å². The van der Waals surface area contributed by atoms with E-state index in [1.165, 1.54) is 7.11 Å². The van der Waals surface area contributed by atoms with Crippen molar-refractivity contribution in [3.05, 3.63) is 70.2 Å². The van der Waals surface area contributed by atoms with E-state index in [0.717, 1.165) is 16.3 Å². The molecule has 26 heavy (non-hydrogen) atoms. The van der Waals surface area contributed by atoms with Gasteiger partial charge in [0.2, 0.25) is 10.0 Å². The number of carbonyl (C=O) groups is 1. The highest BCUT2D eigenvalue weighted by atomic mass is 35.5. The van der Waals surface area contributed by atoms with Crippen molar-refractivity contribution in [3.63, 3.8) is 0 Å². The van der Waals surface area contributed by atoms with E-state index in [0.29, 0.717) is 23.4 Å². The molecule has 0 amide bonds. The predicted octanol–water partition coefficient (Wildman–Crippen LogP) is 3.48. The molecule has 0 fully saturated rings. The smallest absolute Gasteiger partial charge is 0.337 e. The lowest BCUT2D eigenvalue weighted by Crippen LogP contribution is -2.27. The lowest BCUT2D eigenvalue weighted by molar-refractivity contribution is 0.0600.